The summed E-state index contributed by atoms with van der Waals surface area (Å²) in [5.74, 6) is 3.09. The van der Waals surface area contributed by atoms with E-state index >= 15 is 0 Å². The van der Waals surface area contributed by atoms with Crippen molar-refractivity contribution in [2.24, 2.45) is 23.7 Å². The fourth-order valence-corrected chi connectivity index (χ4v) is 13.5. The number of hydrogen-bond acceptors (Lipinski definition) is 1. The van der Waals surface area contributed by atoms with Gasteiger partial charge in [0.15, 0.2) is 0 Å². The van der Waals surface area contributed by atoms with Gasteiger partial charge in [-0.15, -0.1) is 0 Å². The molecule has 0 unspecified atom stereocenters. The van der Waals surface area contributed by atoms with E-state index in [9.17, 15) is 0 Å². The maximum absolute atomic E-state index is 2.68. The minimum Gasteiger partial charge on any atom is -0.310 e. The van der Waals surface area contributed by atoms with Crippen LogP contribution in [0, 0.1) is 23.7 Å². The Bertz CT molecular complexity index is 2930. The van der Waals surface area contributed by atoms with Gasteiger partial charge in [0.1, 0.15) is 0 Å². The Morgan fingerprint density at radius 3 is 1.95 bits per heavy atom. The zero-order valence-corrected chi connectivity index (χ0v) is 32.8. The first-order chi connectivity index (χ1) is 28.0. The highest BCUT2D eigenvalue weighted by molar-refractivity contribution is 6.13. The molecule has 2 heterocycles. The predicted octanol–water partition coefficient (Wildman–Crippen LogP) is 14.3. The predicted molar refractivity (Wildman–Crippen MR) is 236 cm³/mol. The standard InChI is InChI=1S/C55H46N2/c1-54(2)47-19-8-6-17-43(47)44-24-23-41(32-49(44)54)56(40-16-12-15-37(30-40)36-13-4-3-5-14-36)42-31-46-45-18-7-10-21-51(45)57-52-22-11-9-20-48(52)55(50(33-42)53(46)57)38-26-34-25-35(28-38)29-39(55)27-34/h3-24,30-35,38-39H,25-29H2,1-2H3. The van der Waals surface area contributed by atoms with Gasteiger partial charge >= 0.3 is 0 Å². The van der Waals surface area contributed by atoms with E-state index in [1.54, 1.807) is 11.1 Å². The van der Waals surface area contributed by atoms with Crippen molar-refractivity contribution in [2.45, 2.75) is 56.8 Å². The fraction of sp³-hybridized carbons (Fsp3) is 0.236. The molecular weight excluding hydrogens is 689 g/mol. The van der Waals surface area contributed by atoms with E-state index in [2.05, 4.69) is 181 Å². The SMILES string of the molecule is CC1(C)c2ccccc2-c2ccc(N(c3cccc(-c4ccccc4)c3)c3cc4c5c(c3)c3ccccc3n5-c3ccccc3C43C4CC5CC(C4)CC3C5)cc21. The Balaban J connectivity index is 1.12. The van der Waals surface area contributed by atoms with Crippen LogP contribution in [-0.4, -0.2) is 4.57 Å². The lowest BCUT2D eigenvalue weighted by molar-refractivity contribution is -0.0418. The summed E-state index contributed by atoms with van der Waals surface area (Å²) in [6.45, 7) is 4.81. The van der Waals surface area contributed by atoms with Gasteiger partial charge < -0.3 is 9.47 Å². The molecule has 1 spiro atoms. The average Bonchev–Trinajstić information content (AvgIpc) is 3.70. The smallest absolute Gasteiger partial charge is 0.0584 e. The lowest BCUT2D eigenvalue weighted by atomic mass is 9.41. The van der Waals surface area contributed by atoms with Crippen LogP contribution in [0.3, 0.4) is 0 Å². The number of hydrogen-bond donors (Lipinski definition) is 0. The maximum Gasteiger partial charge on any atom is 0.0584 e. The Hall–Kier alpha value is -5.86. The molecular formula is C55H46N2. The lowest BCUT2D eigenvalue weighted by Gasteiger charge is -2.63. The first-order valence-electron chi connectivity index (χ1n) is 21.4. The Morgan fingerprint density at radius 2 is 1.12 bits per heavy atom. The van der Waals surface area contributed by atoms with Gasteiger partial charge in [0.25, 0.3) is 0 Å². The highest BCUT2D eigenvalue weighted by Gasteiger charge is 2.61. The minimum absolute atomic E-state index is 0.00176. The van der Waals surface area contributed by atoms with Crippen LogP contribution in [0.2, 0.25) is 0 Å². The number of para-hydroxylation sites is 2. The second-order valence-corrected chi connectivity index (χ2v) is 18.6. The van der Waals surface area contributed by atoms with Crippen molar-refractivity contribution in [3.8, 4) is 27.9 Å². The van der Waals surface area contributed by atoms with Gasteiger partial charge in [-0.3, -0.25) is 0 Å². The molecule has 2 nitrogen and oxygen atoms in total. The van der Waals surface area contributed by atoms with Gasteiger partial charge in [0.2, 0.25) is 0 Å². The van der Waals surface area contributed by atoms with Crippen LogP contribution in [-0.2, 0) is 10.8 Å². The Labute approximate surface area is 335 Å². The van der Waals surface area contributed by atoms with Crippen molar-refractivity contribution in [1.82, 2.24) is 4.57 Å². The largest absolute Gasteiger partial charge is 0.310 e. The number of benzene rings is 7. The van der Waals surface area contributed by atoms with E-state index in [0.29, 0.717) is 11.8 Å². The third-order valence-corrected chi connectivity index (χ3v) is 15.5. The maximum atomic E-state index is 2.68. The first kappa shape index (κ1) is 32.2. The summed E-state index contributed by atoms with van der Waals surface area (Å²) in [5.41, 5.74) is 18.9. The molecule has 57 heavy (non-hydrogen) atoms. The van der Waals surface area contributed by atoms with Gasteiger partial charge in [-0.05, 0) is 149 Å². The molecule has 4 bridgehead atoms. The van der Waals surface area contributed by atoms with Crippen LogP contribution in [0.25, 0.3) is 49.7 Å². The van der Waals surface area contributed by atoms with Gasteiger partial charge in [-0.25, -0.2) is 0 Å². The molecule has 5 aliphatic carbocycles. The van der Waals surface area contributed by atoms with Crippen LogP contribution in [0.15, 0.2) is 158 Å². The van der Waals surface area contributed by atoms with Gasteiger partial charge in [-0.1, -0.05) is 123 Å². The Kier molecular flexibility index (Phi) is 6.44. The van der Waals surface area contributed by atoms with Crippen molar-refractivity contribution in [3.05, 3.63) is 180 Å². The highest BCUT2D eigenvalue weighted by Crippen LogP contribution is 2.68. The average molecular weight is 735 g/mol. The second-order valence-electron chi connectivity index (χ2n) is 18.6. The number of rotatable bonds is 4. The molecule has 0 N–H and O–H groups in total. The second kappa shape index (κ2) is 11.4. The molecule has 0 amide bonds. The molecule has 0 radical (unpaired) electrons. The highest BCUT2D eigenvalue weighted by atomic mass is 15.1. The molecule has 14 rings (SSSR count). The van der Waals surface area contributed by atoms with Crippen molar-refractivity contribution < 1.29 is 0 Å². The molecule has 0 saturated heterocycles. The molecule has 1 aliphatic heterocycles. The summed E-state index contributed by atoms with van der Waals surface area (Å²) in [6.07, 6.45) is 6.88. The van der Waals surface area contributed by atoms with Crippen molar-refractivity contribution in [2.75, 3.05) is 4.90 Å². The van der Waals surface area contributed by atoms with Gasteiger partial charge in [-0.2, -0.15) is 0 Å². The van der Waals surface area contributed by atoms with Crippen molar-refractivity contribution in [1.29, 1.82) is 0 Å². The van der Waals surface area contributed by atoms with E-state index in [1.807, 2.05) is 0 Å². The fourth-order valence-electron chi connectivity index (χ4n) is 13.5. The normalized spacial score (nSPS) is 24.2. The van der Waals surface area contributed by atoms with Crippen LogP contribution in [0.5, 0.6) is 0 Å². The van der Waals surface area contributed by atoms with Crippen LogP contribution in [0.4, 0.5) is 17.1 Å². The van der Waals surface area contributed by atoms with Crippen LogP contribution in [0.1, 0.15) is 68.2 Å². The third-order valence-electron chi connectivity index (χ3n) is 15.5. The molecule has 4 fully saturated rings. The van der Waals surface area contributed by atoms with Gasteiger partial charge in [0, 0.05) is 38.7 Å². The summed E-state index contributed by atoms with van der Waals surface area (Å²) in [7, 11) is 0. The molecule has 7 aromatic carbocycles. The van der Waals surface area contributed by atoms with Gasteiger partial charge in [0.05, 0.1) is 16.7 Å². The molecule has 0 atom stereocenters. The van der Waals surface area contributed by atoms with Crippen molar-refractivity contribution in [3.63, 3.8) is 0 Å². The van der Waals surface area contributed by atoms with Crippen LogP contribution < -0.4 is 4.90 Å². The molecule has 276 valence electrons. The summed E-state index contributed by atoms with van der Waals surface area (Å²) in [4.78, 5) is 2.60. The topological polar surface area (TPSA) is 8.17 Å². The minimum atomic E-state index is -0.100. The number of nitrogens with zero attached hydrogens (tertiary/aromatic N) is 2. The van der Waals surface area contributed by atoms with E-state index < -0.39 is 0 Å². The molecule has 4 saturated carbocycles. The lowest BCUT2D eigenvalue weighted by Crippen LogP contribution is -2.57. The third kappa shape index (κ3) is 4.21. The number of anilines is 3. The summed E-state index contributed by atoms with van der Waals surface area (Å²) < 4.78 is 2.64. The van der Waals surface area contributed by atoms with Crippen LogP contribution >= 0.6 is 0 Å². The summed E-state index contributed by atoms with van der Waals surface area (Å²) >= 11 is 0. The zero-order valence-electron chi connectivity index (χ0n) is 32.8. The quantitative estimate of drug-likeness (QED) is 0.175. The van der Waals surface area contributed by atoms with E-state index in [4.69, 9.17) is 0 Å². The number of fused-ring (bicyclic) bond motifs is 8. The monoisotopic (exact) mass is 734 g/mol. The van der Waals surface area contributed by atoms with E-state index in [1.165, 1.54) is 110 Å². The molecule has 8 aromatic rings. The molecule has 6 aliphatic rings. The van der Waals surface area contributed by atoms with Crippen molar-refractivity contribution >= 4 is 38.9 Å². The molecule has 2 heteroatoms. The van der Waals surface area contributed by atoms with E-state index in [0.717, 1.165) is 11.8 Å². The molecule has 1 aromatic heterocycles. The summed E-state index contributed by atoms with van der Waals surface area (Å²) in [6, 6.07) is 60.4. The Morgan fingerprint density at radius 1 is 0.474 bits per heavy atom. The first-order valence-corrected chi connectivity index (χ1v) is 21.4. The zero-order chi connectivity index (χ0) is 37.6. The summed E-state index contributed by atoms with van der Waals surface area (Å²) in [5, 5.41) is 2.72. The van der Waals surface area contributed by atoms with E-state index in [-0.39, 0.29) is 10.8 Å². The number of aromatic nitrogens is 1.